The third-order valence-electron chi connectivity index (χ3n) is 5.01. The molecule has 1 aromatic heterocycles. The summed E-state index contributed by atoms with van der Waals surface area (Å²) in [6.45, 7) is 1.35. The first kappa shape index (κ1) is 22.2. The van der Waals surface area contributed by atoms with Crippen molar-refractivity contribution in [2.24, 2.45) is 0 Å². The molecule has 1 aromatic carbocycles. The van der Waals surface area contributed by atoms with Crippen LogP contribution >= 0.6 is 11.6 Å². The molecule has 0 radical (unpaired) electrons. The lowest BCUT2D eigenvalue weighted by Crippen LogP contribution is -2.20. The molecule has 2 aromatic rings. The van der Waals surface area contributed by atoms with Crippen LogP contribution in [0.1, 0.15) is 23.7 Å². The van der Waals surface area contributed by atoms with E-state index in [1.165, 1.54) is 10.8 Å². The molecular formula is C20H20ClN3O7S. The van der Waals surface area contributed by atoms with Crippen molar-refractivity contribution in [1.82, 2.24) is 9.78 Å². The molecule has 12 heteroatoms. The molecule has 3 heterocycles. The largest absolute Gasteiger partial charge is 0.454 e. The summed E-state index contributed by atoms with van der Waals surface area (Å²) < 4.78 is 40.3. The van der Waals surface area contributed by atoms with Crippen LogP contribution in [-0.2, 0) is 24.2 Å². The maximum Gasteiger partial charge on any atom is 0.331 e. The fourth-order valence-corrected chi connectivity index (χ4v) is 5.51. The molecule has 1 saturated heterocycles. The maximum atomic E-state index is 12.0. The normalized spacial score (nSPS) is 18.8. The number of esters is 1. The van der Waals surface area contributed by atoms with Crippen LogP contribution in [0.25, 0.3) is 6.08 Å². The SMILES string of the molecule is Cc1nn(C2CCS(=O)(=O)C2)c(Cl)c1/C=C/C(=O)OCC(=O)Nc1ccc2c(c1)OCO2. The van der Waals surface area contributed by atoms with Gasteiger partial charge in [0.25, 0.3) is 5.91 Å². The topological polar surface area (TPSA) is 126 Å². The third-order valence-corrected chi connectivity index (χ3v) is 7.14. The second-order valence-electron chi connectivity index (χ2n) is 7.35. The summed E-state index contributed by atoms with van der Waals surface area (Å²) in [5, 5.41) is 7.16. The summed E-state index contributed by atoms with van der Waals surface area (Å²) in [5.74, 6) is -0.0688. The molecule has 1 fully saturated rings. The zero-order chi connectivity index (χ0) is 22.9. The summed E-state index contributed by atoms with van der Waals surface area (Å²) in [6, 6.07) is 4.59. The van der Waals surface area contributed by atoms with Crippen LogP contribution in [0.4, 0.5) is 5.69 Å². The van der Waals surface area contributed by atoms with Gasteiger partial charge in [-0.3, -0.25) is 4.79 Å². The van der Waals surface area contributed by atoms with Crippen molar-refractivity contribution in [3.63, 3.8) is 0 Å². The fraction of sp³-hybridized carbons (Fsp3) is 0.350. The molecule has 1 amide bonds. The van der Waals surface area contributed by atoms with Gasteiger partial charge in [-0.05, 0) is 31.6 Å². The van der Waals surface area contributed by atoms with Crippen LogP contribution in [0.2, 0.25) is 5.15 Å². The molecular weight excluding hydrogens is 462 g/mol. The quantitative estimate of drug-likeness (QED) is 0.491. The minimum absolute atomic E-state index is 0.0164. The third kappa shape index (κ3) is 4.89. The number of nitrogens with zero attached hydrogens (tertiary/aromatic N) is 2. The monoisotopic (exact) mass is 481 g/mol. The van der Waals surface area contributed by atoms with E-state index in [2.05, 4.69) is 10.4 Å². The average molecular weight is 482 g/mol. The van der Waals surface area contributed by atoms with Crippen LogP contribution in [0.3, 0.4) is 0 Å². The van der Waals surface area contributed by atoms with Crippen molar-refractivity contribution in [2.45, 2.75) is 19.4 Å². The van der Waals surface area contributed by atoms with Gasteiger partial charge in [0, 0.05) is 23.4 Å². The Morgan fingerprint density at radius 2 is 2.12 bits per heavy atom. The van der Waals surface area contributed by atoms with E-state index in [1.807, 2.05) is 0 Å². The number of nitrogens with one attached hydrogen (secondary N) is 1. The number of fused-ring (bicyclic) bond motifs is 1. The highest BCUT2D eigenvalue weighted by atomic mass is 35.5. The number of carbonyl (C=O) groups excluding carboxylic acids is 2. The Morgan fingerprint density at radius 3 is 2.88 bits per heavy atom. The number of anilines is 1. The second kappa shape index (κ2) is 8.83. The molecule has 0 saturated carbocycles. The minimum atomic E-state index is -3.09. The van der Waals surface area contributed by atoms with Crippen molar-refractivity contribution in [1.29, 1.82) is 0 Å². The first-order chi connectivity index (χ1) is 15.2. The lowest BCUT2D eigenvalue weighted by molar-refractivity contribution is -0.142. The van der Waals surface area contributed by atoms with Crippen molar-refractivity contribution in [3.8, 4) is 11.5 Å². The minimum Gasteiger partial charge on any atom is -0.454 e. The lowest BCUT2D eigenvalue weighted by atomic mass is 10.2. The fourth-order valence-electron chi connectivity index (χ4n) is 3.44. The summed E-state index contributed by atoms with van der Waals surface area (Å²) >= 11 is 6.36. The molecule has 2 aliphatic rings. The van der Waals surface area contributed by atoms with E-state index in [-0.39, 0.29) is 29.5 Å². The van der Waals surface area contributed by atoms with Crippen LogP contribution in [-0.4, -0.2) is 55.0 Å². The maximum absolute atomic E-state index is 12.0. The Balaban J connectivity index is 1.32. The predicted octanol–water partition coefficient (Wildman–Crippen LogP) is 2.13. The van der Waals surface area contributed by atoms with Gasteiger partial charge in [-0.25, -0.2) is 17.9 Å². The van der Waals surface area contributed by atoms with Crippen LogP contribution < -0.4 is 14.8 Å². The predicted molar refractivity (Wildman–Crippen MR) is 115 cm³/mol. The molecule has 1 unspecified atom stereocenters. The Morgan fingerprint density at radius 1 is 1.34 bits per heavy atom. The van der Waals surface area contributed by atoms with Gasteiger partial charge < -0.3 is 19.5 Å². The molecule has 2 aliphatic heterocycles. The van der Waals surface area contributed by atoms with Gasteiger partial charge in [-0.2, -0.15) is 5.10 Å². The van der Waals surface area contributed by atoms with Crippen LogP contribution in [0.5, 0.6) is 11.5 Å². The highest BCUT2D eigenvalue weighted by Crippen LogP contribution is 2.34. The number of aryl methyl sites for hydroxylation is 1. The number of ether oxygens (including phenoxy) is 3. The number of benzene rings is 1. The van der Waals surface area contributed by atoms with E-state index >= 15 is 0 Å². The van der Waals surface area contributed by atoms with Gasteiger partial charge >= 0.3 is 5.97 Å². The smallest absolute Gasteiger partial charge is 0.331 e. The number of aromatic nitrogens is 2. The van der Waals surface area contributed by atoms with Gasteiger partial charge in [0.05, 0.1) is 23.2 Å². The average Bonchev–Trinajstić information content (AvgIpc) is 3.42. The van der Waals surface area contributed by atoms with Gasteiger partial charge in [-0.1, -0.05) is 11.6 Å². The number of amides is 1. The summed E-state index contributed by atoms with van der Waals surface area (Å²) in [6.07, 6.45) is 3.01. The van der Waals surface area contributed by atoms with Crippen LogP contribution in [0.15, 0.2) is 24.3 Å². The van der Waals surface area contributed by atoms with Crippen molar-refractivity contribution in [2.75, 3.05) is 30.2 Å². The van der Waals surface area contributed by atoms with Crippen LogP contribution in [0, 0.1) is 6.92 Å². The molecule has 10 nitrogen and oxygen atoms in total. The van der Waals surface area contributed by atoms with Gasteiger partial charge in [0.2, 0.25) is 6.79 Å². The van der Waals surface area contributed by atoms with Crippen molar-refractivity contribution >= 4 is 45.1 Å². The molecule has 0 bridgehead atoms. The van der Waals surface area contributed by atoms with E-state index in [4.69, 9.17) is 25.8 Å². The molecule has 32 heavy (non-hydrogen) atoms. The molecule has 1 atom stereocenters. The van der Waals surface area contributed by atoms with E-state index in [0.717, 1.165) is 6.08 Å². The number of rotatable bonds is 6. The molecule has 1 N–H and O–H groups in total. The highest BCUT2D eigenvalue weighted by Gasteiger charge is 2.31. The summed E-state index contributed by atoms with van der Waals surface area (Å²) in [5.41, 5.74) is 1.51. The standard InChI is InChI=1S/C20H20ClN3O7S/c1-12-15(20(21)24(23-12)14-6-7-32(27,28)10-14)3-5-19(26)29-9-18(25)22-13-2-4-16-17(8-13)31-11-30-16/h2-5,8,14H,6-7,9-11H2,1H3,(H,22,25)/b5-3+. The molecule has 4 rings (SSSR count). The van der Waals surface area contributed by atoms with Gasteiger partial charge in [0.15, 0.2) is 27.9 Å². The highest BCUT2D eigenvalue weighted by molar-refractivity contribution is 7.91. The first-order valence-corrected chi connectivity index (χ1v) is 11.9. The second-order valence-corrected chi connectivity index (χ2v) is 9.94. The summed E-state index contributed by atoms with van der Waals surface area (Å²) in [7, 11) is -3.09. The Hall–Kier alpha value is -3.05. The van der Waals surface area contributed by atoms with E-state index < -0.39 is 28.3 Å². The van der Waals surface area contributed by atoms with Gasteiger partial charge in [-0.15, -0.1) is 0 Å². The Labute approximate surface area is 189 Å². The molecule has 0 spiro atoms. The summed E-state index contributed by atoms with van der Waals surface area (Å²) in [4.78, 5) is 24.1. The molecule has 170 valence electrons. The Kier molecular flexibility index (Phi) is 6.11. The number of hydrogen-bond acceptors (Lipinski definition) is 8. The first-order valence-electron chi connectivity index (χ1n) is 9.71. The van der Waals surface area contributed by atoms with E-state index in [1.54, 1.807) is 25.1 Å². The van der Waals surface area contributed by atoms with Crippen molar-refractivity contribution < 1.29 is 32.2 Å². The van der Waals surface area contributed by atoms with Crippen molar-refractivity contribution in [3.05, 3.63) is 40.7 Å². The zero-order valence-corrected chi connectivity index (χ0v) is 18.6. The number of hydrogen-bond donors (Lipinski definition) is 1. The van der Waals surface area contributed by atoms with Gasteiger partial charge in [0.1, 0.15) is 5.15 Å². The number of carbonyl (C=O) groups is 2. The zero-order valence-electron chi connectivity index (χ0n) is 17.0. The number of halogens is 1. The van der Waals surface area contributed by atoms with E-state index in [9.17, 15) is 18.0 Å². The van der Waals surface area contributed by atoms with E-state index in [0.29, 0.717) is 34.9 Å². The Bertz CT molecular complexity index is 1210. The molecule has 0 aliphatic carbocycles. The number of sulfone groups is 1. The lowest BCUT2D eigenvalue weighted by Gasteiger charge is -2.09.